The summed E-state index contributed by atoms with van der Waals surface area (Å²) in [6.07, 6.45) is 0. The molecule has 0 fully saturated rings. The third-order valence-corrected chi connectivity index (χ3v) is 6.52. The highest BCUT2D eigenvalue weighted by molar-refractivity contribution is 7.89. The summed E-state index contributed by atoms with van der Waals surface area (Å²) in [4.78, 5) is 13.3. The van der Waals surface area contributed by atoms with Gasteiger partial charge in [-0.15, -0.1) is 22.7 Å². The van der Waals surface area contributed by atoms with Crippen LogP contribution in [0.2, 0.25) is 0 Å². The van der Waals surface area contributed by atoms with E-state index in [-0.39, 0.29) is 22.2 Å². The number of hydrogen-bond donors (Lipinski definition) is 3. The molecular weight excluding hydrogens is 354 g/mol. The molecule has 23 heavy (non-hydrogen) atoms. The minimum absolute atomic E-state index is 0.0111. The van der Waals surface area contributed by atoms with Crippen molar-refractivity contribution >= 4 is 38.6 Å². The Hall–Kier alpha value is -1.26. The Bertz CT molecular complexity index is 738. The van der Waals surface area contributed by atoms with Gasteiger partial charge in [0.05, 0.1) is 0 Å². The van der Waals surface area contributed by atoms with Crippen LogP contribution in [-0.2, 0) is 16.6 Å². The Balaban J connectivity index is 2.08. The molecule has 1 unspecified atom stereocenters. The van der Waals surface area contributed by atoms with Crippen LogP contribution >= 0.6 is 22.7 Å². The van der Waals surface area contributed by atoms with E-state index in [2.05, 4.69) is 10.0 Å². The molecule has 1 atom stereocenters. The van der Waals surface area contributed by atoms with Gasteiger partial charge >= 0.3 is 0 Å². The van der Waals surface area contributed by atoms with Gasteiger partial charge < -0.3 is 11.1 Å². The molecule has 0 aliphatic heterocycles. The lowest BCUT2D eigenvalue weighted by Gasteiger charge is -2.11. The van der Waals surface area contributed by atoms with E-state index < -0.39 is 15.9 Å². The lowest BCUT2D eigenvalue weighted by Crippen LogP contribution is -2.32. The van der Waals surface area contributed by atoms with Gasteiger partial charge in [0.15, 0.2) is 0 Å². The van der Waals surface area contributed by atoms with E-state index in [9.17, 15) is 13.2 Å². The zero-order chi connectivity index (χ0) is 16.9. The SMILES string of the molecule is CC(CN)CNC(=O)c1sccc1S(=O)(=O)NCc1cccs1. The molecule has 6 nitrogen and oxygen atoms in total. The second-order valence-corrected chi connectivity index (χ2v) is 8.75. The van der Waals surface area contributed by atoms with E-state index in [0.717, 1.165) is 16.2 Å². The maximum Gasteiger partial charge on any atom is 0.262 e. The lowest BCUT2D eigenvalue weighted by molar-refractivity contribution is 0.0949. The highest BCUT2D eigenvalue weighted by Gasteiger charge is 2.24. The molecule has 2 aromatic heterocycles. The number of amides is 1. The van der Waals surface area contributed by atoms with Crippen LogP contribution < -0.4 is 15.8 Å². The van der Waals surface area contributed by atoms with Crippen LogP contribution in [0.3, 0.4) is 0 Å². The van der Waals surface area contributed by atoms with Crippen molar-refractivity contribution in [1.82, 2.24) is 10.0 Å². The second-order valence-electron chi connectivity index (χ2n) is 5.07. The number of rotatable bonds is 8. The monoisotopic (exact) mass is 373 g/mol. The normalized spacial score (nSPS) is 13.0. The third kappa shape index (κ3) is 4.85. The number of carbonyl (C=O) groups excluding carboxylic acids is 1. The molecule has 0 aliphatic rings. The van der Waals surface area contributed by atoms with Crippen molar-refractivity contribution in [2.24, 2.45) is 11.7 Å². The van der Waals surface area contributed by atoms with Gasteiger partial charge in [-0.2, -0.15) is 0 Å². The summed E-state index contributed by atoms with van der Waals surface area (Å²) in [5.41, 5.74) is 5.51. The highest BCUT2D eigenvalue weighted by Crippen LogP contribution is 2.22. The van der Waals surface area contributed by atoms with E-state index in [0.29, 0.717) is 13.1 Å². The van der Waals surface area contributed by atoms with E-state index in [1.165, 1.54) is 17.4 Å². The Morgan fingerprint density at radius 1 is 1.30 bits per heavy atom. The van der Waals surface area contributed by atoms with Gasteiger partial charge in [-0.3, -0.25) is 4.79 Å². The molecule has 0 radical (unpaired) electrons. The molecular formula is C14H19N3O3S3. The van der Waals surface area contributed by atoms with E-state index in [1.807, 2.05) is 24.4 Å². The molecule has 2 heterocycles. The number of thiophene rings is 2. The fourth-order valence-corrected chi connectivity index (χ4v) is 4.85. The summed E-state index contributed by atoms with van der Waals surface area (Å²) in [7, 11) is -3.73. The minimum atomic E-state index is -3.73. The number of carbonyl (C=O) groups is 1. The van der Waals surface area contributed by atoms with Gasteiger partial charge in [-0.1, -0.05) is 13.0 Å². The number of hydrogen-bond acceptors (Lipinski definition) is 6. The molecule has 0 spiro atoms. The average Bonchev–Trinajstić information content (AvgIpc) is 3.21. The van der Waals surface area contributed by atoms with Crippen LogP contribution in [-0.4, -0.2) is 27.4 Å². The predicted octanol–water partition coefficient (Wildman–Crippen LogP) is 1.61. The van der Waals surface area contributed by atoms with Crippen molar-refractivity contribution in [3.8, 4) is 0 Å². The van der Waals surface area contributed by atoms with Gasteiger partial charge in [0.2, 0.25) is 10.0 Å². The summed E-state index contributed by atoms with van der Waals surface area (Å²) < 4.78 is 27.3. The maximum atomic E-state index is 12.4. The van der Waals surface area contributed by atoms with Gasteiger partial charge in [0.1, 0.15) is 9.77 Å². The standard InChI is InChI=1S/C14H19N3O3S3/c1-10(7-15)8-16-14(18)13-12(4-6-22-13)23(19,20)17-9-11-3-2-5-21-11/h2-6,10,17H,7-9,15H2,1H3,(H,16,18). The van der Waals surface area contributed by atoms with Crippen LogP contribution in [0, 0.1) is 5.92 Å². The molecule has 0 aliphatic carbocycles. The number of nitrogens with two attached hydrogens (primary N) is 1. The van der Waals surface area contributed by atoms with E-state index in [4.69, 9.17) is 5.73 Å². The first-order chi connectivity index (χ1) is 10.9. The minimum Gasteiger partial charge on any atom is -0.351 e. The summed E-state index contributed by atoms with van der Waals surface area (Å²) in [5.74, 6) is -0.257. The third-order valence-electron chi connectivity index (χ3n) is 3.15. The molecule has 0 aromatic carbocycles. The summed E-state index contributed by atoms with van der Waals surface area (Å²) >= 11 is 2.58. The first-order valence-electron chi connectivity index (χ1n) is 7.02. The summed E-state index contributed by atoms with van der Waals surface area (Å²) in [6.45, 7) is 2.99. The molecule has 0 bridgehead atoms. The van der Waals surface area contributed by atoms with Crippen molar-refractivity contribution in [3.05, 3.63) is 38.7 Å². The fourth-order valence-electron chi connectivity index (χ4n) is 1.76. The molecule has 9 heteroatoms. The Labute approximate surface area is 143 Å². The van der Waals surface area contributed by atoms with Gasteiger partial charge in [0.25, 0.3) is 5.91 Å². The summed E-state index contributed by atoms with van der Waals surface area (Å²) in [6, 6.07) is 5.15. The first-order valence-corrected chi connectivity index (χ1v) is 10.3. The number of nitrogens with one attached hydrogen (secondary N) is 2. The molecule has 2 aromatic rings. The van der Waals surface area contributed by atoms with Gasteiger partial charge in [0, 0.05) is 18.0 Å². The predicted molar refractivity (Wildman–Crippen MR) is 93.2 cm³/mol. The zero-order valence-corrected chi connectivity index (χ0v) is 15.1. The molecule has 0 saturated carbocycles. The van der Waals surface area contributed by atoms with Crippen molar-refractivity contribution in [3.63, 3.8) is 0 Å². The summed E-state index contributed by atoms with van der Waals surface area (Å²) in [5, 5.41) is 6.20. The quantitative estimate of drug-likeness (QED) is 0.654. The molecule has 126 valence electrons. The van der Waals surface area contributed by atoms with Crippen LogP contribution in [0.15, 0.2) is 33.9 Å². The molecule has 0 saturated heterocycles. The van der Waals surface area contributed by atoms with Gasteiger partial charge in [-0.05, 0) is 35.4 Å². The van der Waals surface area contributed by atoms with Crippen molar-refractivity contribution < 1.29 is 13.2 Å². The second kappa shape index (κ2) is 8.02. The van der Waals surface area contributed by atoms with Crippen LogP contribution in [0.25, 0.3) is 0 Å². The van der Waals surface area contributed by atoms with Crippen molar-refractivity contribution in [2.75, 3.05) is 13.1 Å². The maximum absolute atomic E-state index is 12.4. The van der Waals surface area contributed by atoms with Crippen molar-refractivity contribution in [1.29, 1.82) is 0 Å². The smallest absolute Gasteiger partial charge is 0.262 e. The zero-order valence-electron chi connectivity index (χ0n) is 12.6. The average molecular weight is 374 g/mol. The van der Waals surface area contributed by atoms with Crippen LogP contribution in [0.5, 0.6) is 0 Å². The van der Waals surface area contributed by atoms with Crippen LogP contribution in [0.1, 0.15) is 21.5 Å². The van der Waals surface area contributed by atoms with Crippen LogP contribution in [0.4, 0.5) is 0 Å². The van der Waals surface area contributed by atoms with Crippen molar-refractivity contribution in [2.45, 2.75) is 18.4 Å². The first kappa shape index (κ1) is 18.1. The Morgan fingerprint density at radius 2 is 2.09 bits per heavy atom. The van der Waals surface area contributed by atoms with Gasteiger partial charge in [-0.25, -0.2) is 13.1 Å². The topological polar surface area (TPSA) is 101 Å². The molecule has 1 amide bonds. The Morgan fingerprint density at radius 3 is 2.74 bits per heavy atom. The molecule has 4 N–H and O–H groups in total. The number of sulfonamides is 1. The van der Waals surface area contributed by atoms with E-state index in [1.54, 1.807) is 5.38 Å². The molecule has 2 rings (SSSR count). The fraction of sp³-hybridized carbons (Fsp3) is 0.357. The lowest BCUT2D eigenvalue weighted by atomic mass is 10.2. The Kier molecular flexibility index (Phi) is 6.31. The largest absolute Gasteiger partial charge is 0.351 e. The van der Waals surface area contributed by atoms with E-state index >= 15 is 0 Å². The highest BCUT2D eigenvalue weighted by atomic mass is 32.2.